The molecule has 0 saturated carbocycles. The number of thiazole rings is 1. The van der Waals surface area contributed by atoms with Crippen LogP contribution in [-0.4, -0.2) is 22.1 Å². The van der Waals surface area contributed by atoms with Gasteiger partial charge in [0.1, 0.15) is 5.82 Å². The van der Waals surface area contributed by atoms with Gasteiger partial charge >= 0.3 is 0 Å². The number of aromatic nitrogens is 2. The Balaban J connectivity index is 2.17. The van der Waals surface area contributed by atoms with Crippen LogP contribution in [0.15, 0.2) is 29.2 Å². The highest BCUT2D eigenvalue weighted by atomic mass is 32.1. The monoisotopic (exact) mass is 235 g/mol. The van der Waals surface area contributed by atoms with Crippen molar-refractivity contribution in [2.45, 2.75) is 13.2 Å². The first kappa shape index (κ1) is 11.0. The molecule has 0 aliphatic carbocycles. The van der Waals surface area contributed by atoms with Crippen LogP contribution in [0.4, 0.5) is 5.82 Å². The number of hydrogen-bond acceptors (Lipinski definition) is 5. The highest BCUT2D eigenvalue weighted by Gasteiger charge is 2.08. The zero-order valence-electron chi connectivity index (χ0n) is 9.00. The van der Waals surface area contributed by atoms with Crippen molar-refractivity contribution in [1.29, 1.82) is 0 Å². The second-order valence-electron chi connectivity index (χ2n) is 3.48. The van der Waals surface area contributed by atoms with E-state index in [2.05, 4.69) is 9.97 Å². The Morgan fingerprint density at radius 3 is 3.00 bits per heavy atom. The van der Waals surface area contributed by atoms with Crippen LogP contribution >= 0.6 is 11.3 Å². The molecule has 16 heavy (non-hydrogen) atoms. The Kier molecular flexibility index (Phi) is 3.48. The summed E-state index contributed by atoms with van der Waals surface area (Å²) in [4.78, 5) is 10.5. The molecule has 0 radical (unpaired) electrons. The summed E-state index contributed by atoms with van der Waals surface area (Å²) in [5.74, 6) is 0.804. The summed E-state index contributed by atoms with van der Waals surface area (Å²) in [5, 5.41) is 11.2. The average Bonchev–Trinajstić information content (AvgIpc) is 2.81. The van der Waals surface area contributed by atoms with Gasteiger partial charge in [0.15, 0.2) is 0 Å². The van der Waals surface area contributed by atoms with E-state index >= 15 is 0 Å². The Morgan fingerprint density at radius 2 is 2.31 bits per heavy atom. The smallest absolute Gasteiger partial charge is 0.134 e. The maximum Gasteiger partial charge on any atom is 0.134 e. The summed E-state index contributed by atoms with van der Waals surface area (Å²) < 4.78 is 0. The number of anilines is 1. The van der Waals surface area contributed by atoms with Crippen molar-refractivity contribution in [3.63, 3.8) is 0 Å². The fourth-order valence-corrected chi connectivity index (χ4v) is 2.08. The maximum absolute atomic E-state index is 9.21. The lowest BCUT2D eigenvalue weighted by Gasteiger charge is -2.19. The molecule has 0 aliphatic rings. The summed E-state index contributed by atoms with van der Waals surface area (Å²) >= 11 is 1.58. The van der Waals surface area contributed by atoms with E-state index in [1.165, 1.54) is 0 Å². The maximum atomic E-state index is 9.21. The van der Waals surface area contributed by atoms with E-state index in [9.17, 15) is 5.11 Å². The van der Waals surface area contributed by atoms with Crippen LogP contribution in [0.25, 0.3) is 0 Å². The molecule has 84 valence electrons. The van der Waals surface area contributed by atoms with E-state index in [1.807, 2.05) is 35.0 Å². The number of aliphatic hydroxyl groups is 1. The minimum atomic E-state index is 0.00454. The molecular formula is C11H13N3OS. The van der Waals surface area contributed by atoms with E-state index in [0.717, 1.165) is 17.1 Å². The third-order valence-corrected chi connectivity index (χ3v) is 2.92. The molecular weight excluding hydrogens is 222 g/mol. The second-order valence-corrected chi connectivity index (χ2v) is 4.20. The Hall–Kier alpha value is -1.46. The van der Waals surface area contributed by atoms with Gasteiger partial charge in [-0.3, -0.25) is 0 Å². The minimum absolute atomic E-state index is 0.00454. The molecule has 0 bridgehead atoms. The molecule has 0 unspecified atom stereocenters. The Labute approximate surface area is 98.2 Å². The van der Waals surface area contributed by atoms with Gasteiger partial charge in [-0.15, -0.1) is 11.3 Å². The molecule has 0 fully saturated rings. The van der Waals surface area contributed by atoms with Crippen molar-refractivity contribution in [2.75, 3.05) is 11.9 Å². The molecule has 0 atom stereocenters. The number of pyridine rings is 1. The Morgan fingerprint density at radius 1 is 1.44 bits per heavy atom. The minimum Gasteiger partial charge on any atom is -0.392 e. The van der Waals surface area contributed by atoms with Gasteiger partial charge in [-0.25, -0.2) is 9.97 Å². The number of nitrogens with zero attached hydrogens (tertiary/aromatic N) is 3. The largest absolute Gasteiger partial charge is 0.392 e. The predicted octanol–water partition coefficient (Wildman–Crippen LogP) is 1.67. The standard InChI is InChI=1S/C11H13N3OS/c1-14(5-10-7-16-8-13-10)11-9(6-15)3-2-4-12-11/h2-4,7-8,15H,5-6H2,1H3. The van der Waals surface area contributed by atoms with Gasteiger partial charge in [-0.1, -0.05) is 6.07 Å². The molecule has 0 saturated heterocycles. The molecule has 2 aromatic rings. The zero-order valence-corrected chi connectivity index (χ0v) is 9.81. The summed E-state index contributed by atoms with van der Waals surface area (Å²) in [6.07, 6.45) is 1.73. The van der Waals surface area contributed by atoms with Gasteiger partial charge in [-0.2, -0.15) is 0 Å². The van der Waals surface area contributed by atoms with Crippen molar-refractivity contribution < 1.29 is 5.11 Å². The van der Waals surface area contributed by atoms with Crippen LogP contribution in [0.1, 0.15) is 11.3 Å². The first-order chi connectivity index (χ1) is 7.81. The fraction of sp³-hybridized carbons (Fsp3) is 0.273. The first-order valence-electron chi connectivity index (χ1n) is 4.94. The number of rotatable bonds is 4. The molecule has 2 heterocycles. The van der Waals surface area contributed by atoms with E-state index in [-0.39, 0.29) is 6.61 Å². The molecule has 2 rings (SSSR count). The second kappa shape index (κ2) is 5.05. The number of hydrogen-bond donors (Lipinski definition) is 1. The van der Waals surface area contributed by atoms with E-state index in [4.69, 9.17) is 0 Å². The predicted molar refractivity (Wildman–Crippen MR) is 64.4 cm³/mol. The lowest BCUT2D eigenvalue weighted by Crippen LogP contribution is -2.19. The first-order valence-corrected chi connectivity index (χ1v) is 5.88. The van der Waals surface area contributed by atoms with E-state index in [0.29, 0.717) is 6.54 Å². The number of aliphatic hydroxyl groups excluding tert-OH is 1. The fourth-order valence-electron chi connectivity index (χ4n) is 1.53. The third kappa shape index (κ3) is 2.37. The molecule has 0 aliphatic heterocycles. The van der Waals surface area contributed by atoms with Crippen LogP contribution in [0, 0.1) is 0 Å². The van der Waals surface area contributed by atoms with Crippen LogP contribution in [0.3, 0.4) is 0 Å². The van der Waals surface area contributed by atoms with E-state index in [1.54, 1.807) is 17.5 Å². The summed E-state index contributed by atoms with van der Waals surface area (Å²) in [7, 11) is 1.95. The van der Waals surface area contributed by atoms with Gasteiger partial charge in [-0.05, 0) is 6.07 Å². The molecule has 4 nitrogen and oxygen atoms in total. The van der Waals surface area contributed by atoms with Crippen molar-refractivity contribution in [2.24, 2.45) is 0 Å². The lowest BCUT2D eigenvalue weighted by molar-refractivity contribution is 0.281. The summed E-state index contributed by atoms with van der Waals surface area (Å²) in [6.45, 7) is 0.706. The van der Waals surface area contributed by atoms with Gasteiger partial charge in [0.25, 0.3) is 0 Å². The van der Waals surface area contributed by atoms with Crippen LogP contribution < -0.4 is 4.90 Å². The van der Waals surface area contributed by atoms with Crippen LogP contribution in [0.5, 0.6) is 0 Å². The van der Waals surface area contributed by atoms with Crippen LogP contribution in [0.2, 0.25) is 0 Å². The molecule has 0 spiro atoms. The van der Waals surface area contributed by atoms with Crippen molar-refractivity contribution in [3.05, 3.63) is 40.5 Å². The van der Waals surface area contributed by atoms with Gasteiger partial charge in [0.2, 0.25) is 0 Å². The SMILES string of the molecule is CN(Cc1cscn1)c1ncccc1CO. The van der Waals surface area contributed by atoms with Crippen molar-refractivity contribution in [1.82, 2.24) is 9.97 Å². The highest BCUT2D eigenvalue weighted by molar-refractivity contribution is 7.07. The Bertz CT molecular complexity index is 444. The zero-order chi connectivity index (χ0) is 11.4. The van der Waals surface area contributed by atoms with Crippen molar-refractivity contribution >= 4 is 17.2 Å². The van der Waals surface area contributed by atoms with Gasteiger partial charge < -0.3 is 10.0 Å². The lowest BCUT2D eigenvalue weighted by atomic mass is 10.2. The molecule has 1 N–H and O–H groups in total. The van der Waals surface area contributed by atoms with Crippen molar-refractivity contribution in [3.8, 4) is 0 Å². The van der Waals surface area contributed by atoms with Gasteiger partial charge in [0, 0.05) is 24.2 Å². The van der Waals surface area contributed by atoms with Crippen LogP contribution in [-0.2, 0) is 13.2 Å². The van der Waals surface area contributed by atoms with Gasteiger partial charge in [0.05, 0.1) is 24.4 Å². The normalized spacial score (nSPS) is 10.4. The highest BCUT2D eigenvalue weighted by Crippen LogP contribution is 2.17. The molecule has 2 aromatic heterocycles. The molecule has 0 amide bonds. The average molecular weight is 235 g/mol. The molecule has 5 heteroatoms. The summed E-state index contributed by atoms with van der Waals surface area (Å²) in [5.41, 5.74) is 3.66. The third-order valence-electron chi connectivity index (χ3n) is 2.28. The quantitative estimate of drug-likeness (QED) is 0.875. The summed E-state index contributed by atoms with van der Waals surface area (Å²) in [6, 6.07) is 3.70. The van der Waals surface area contributed by atoms with E-state index < -0.39 is 0 Å². The molecule has 0 aromatic carbocycles. The topological polar surface area (TPSA) is 49.2 Å².